The molecule has 1 aromatic rings. The SMILES string of the molecule is CCCNC(Cc1nc(C)cs1)C1SCCSC1CC. The van der Waals surface area contributed by atoms with Gasteiger partial charge in [-0.2, -0.15) is 23.5 Å². The van der Waals surface area contributed by atoms with Gasteiger partial charge in [-0.25, -0.2) is 4.98 Å². The van der Waals surface area contributed by atoms with Crippen molar-refractivity contribution < 1.29 is 0 Å². The van der Waals surface area contributed by atoms with Crippen molar-refractivity contribution in [1.29, 1.82) is 0 Å². The van der Waals surface area contributed by atoms with Crippen LogP contribution in [0.4, 0.5) is 0 Å². The third-order valence-corrected chi connectivity index (χ3v) is 8.00. The summed E-state index contributed by atoms with van der Waals surface area (Å²) in [6.07, 6.45) is 3.57. The Hall–Kier alpha value is 0.290. The van der Waals surface area contributed by atoms with E-state index < -0.39 is 0 Å². The highest BCUT2D eigenvalue weighted by atomic mass is 32.2. The summed E-state index contributed by atoms with van der Waals surface area (Å²) in [5.41, 5.74) is 1.16. The fourth-order valence-electron chi connectivity index (χ4n) is 2.63. The number of hydrogen-bond acceptors (Lipinski definition) is 5. The van der Waals surface area contributed by atoms with E-state index in [1.54, 1.807) is 0 Å². The summed E-state index contributed by atoms with van der Waals surface area (Å²) >= 11 is 6.16. The molecule has 1 aliphatic heterocycles. The average molecular weight is 331 g/mol. The van der Waals surface area contributed by atoms with E-state index in [9.17, 15) is 0 Å². The van der Waals surface area contributed by atoms with Crippen molar-refractivity contribution in [3.05, 3.63) is 16.1 Å². The number of rotatable bonds is 7. The smallest absolute Gasteiger partial charge is 0.0944 e. The predicted molar refractivity (Wildman–Crippen MR) is 95.4 cm³/mol. The molecule has 0 amide bonds. The molecule has 0 aromatic carbocycles. The lowest BCUT2D eigenvalue weighted by atomic mass is 10.1. The van der Waals surface area contributed by atoms with Crippen molar-refractivity contribution in [3.8, 4) is 0 Å². The largest absolute Gasteiger partial charge is 0.312 e. The molecule has 5 heteroatoms. The van der Waals surface area contributed by atoms with Gasteiger partial charge in [-0.05, 0) is 26.3 Å². The number of aryl methyl sites for hydroxylation is 1. The van der Waals surface area contributed by atoms with Crippen molar-refractivity contribution in [2.24, 2.45) is 0 Å². The molecule has 2 rings (SSSR count). The fourth-order valence-corrected chi connectivity index (χ4v) is 6.72. The van der Waals surface area contributed by atoms with E-state index in [1.165, 1.54) is 29.4 Å². The third kappa shape index (κ3) is 4.65. The quantitative estimate of drug-likeness (QED) is 0.817. The van der Waals surface area contributed by atoms with Crippen molar-refractivity contribution in [2.75, 3.05) is 18.1 Å². The number of thioether (sulfide) groups is 2. The van der Waals surface area contributed by atoms with E-state index in [1.807, 2.05) is 11.3 Å². The van der Waals surface area contributed by atoms with Crippen LogP contribution in [-0.2, 0) is 6.42 Å². The summed E-state index contributed by atoms with van der Waals surface area (Å²) in [7, 11) is 0. The molecule has 0 aliphatic carbocycles. The monoisotopic (exact) mass is 330 g/mol. The van der Waals surface area contributed by atoms with Crippen LogP contribution in [-0.4, -0.2) is 39.6 Å². The molecule has 0 radical (unpaired) electrons. The normalized spacial score (nSPS) is 24.8. The molecule has 1 N–H and O–H groups in total. The maximum absolute atomic E-state index is 4.67. The molecular formula is C15H26N2S3. The van der Waals surface area contributed by atoms with Crippen molar-refractivity contribution in [3.63, 3.8) is 0 Å². The highest BCUT2D eigenvalue weighted by Crippen LogP contribution is 2.36. The van der Waals surface area contributed by atoms with Crippen LogP contribution in [0.3, 0.4) is 0 Å². The van der Waals surface area contributed by atoms with Crippen LogP contribution in [0.5, 0.6) is 0 Å². The summed E-state index contributed by atoms with van der Waals surface area (Å²) in [4.78, 5) is 4.67. The summed E-state index contributed by atoms with van der Waals surface area (Å²) in [5, 5.41) is 8.79. The second-order valence-corrected chi connectivity index (χ2v) is 8.88. The van der Waals surface area contributed by atoms with Gasteiger partial charge in [-0.3, -0.25) is 0 Å². The minimum Gasteiger partial charge on any atom is -0.312 e. The Labute approximate surface area is 135 Å². The van der Waals surface area contributed by atoms with Gasteiger partial charge in [0.2, 0.25) is 0 Å². The van der Waals surface area contributed by atoms with Crippen molar-refractivity contribution in [2.45, 2.75) is 56.6 Å². The highest BCUT2D eigenvalue weighted by molar-refractivity contribution is 8.07. The molecule has 1 aliphatic rings. The van der Waals surface area contributed by atoms with Crippen LogP contribution in [0, 0.1) is 6.92 Å². The first kappa shape index (κ1) is 16.7. The Morgan fingerprint density at radius 2 is 2.15 bits per heavy atom. The summed E-state index contributed by atoms with van der Waals surface area (Å²) in [6.45, 7) is 7.79. The van der Waals surface area contributed by atoms with Crippen LogP contribution >= 0.6 is 34.9 Å². The first-order valence-electron chi connectivity index (χ1n) is 7.62. The molecule has 0 saturated carbocycles. The number of nitrogens with zero attached hydrogens (tertiary/aromatic N) is 1. The summed E-state index contributed by atoms with van der Waals surface area (Å²) < 4.78 is 0. The van der Waals surface area contributed by atoms with Gasteiger partial charge < -0.3 is 5.32 Å². The highest BCUT2D eigenvalue weighted by Gasteiger charge is 2.32. The molecule has 2 heterocycles. The number of nitrogens with one attached hydrogen (secondary N) is 1. The lowest BCUT2D eigenvalue weighted by Crippen LogP contribution is -2.46. The van der Waals surface area contributed by atoms with Gasteiger partial charge in [0.25, 0.3) is 0 Å². The maximum Gasteiger partial charge on any atom is 0.0944 e. The molecule has 3 atom stereocenters. The number of thiazole rings is 1. The zero-order chi connectivity index (χ0) is 14.4. The Bertz CT molecular complexity index is 394. The van der Waals surface area contributed by atoms with Gasteiger partial charge in [-0.15, -0.1) is 11.3 Å². The molecule has 3 unspecified atom stereocenters. The molecule has 2 nitrogen and oxygen atoms in total. The van der Waals surface area contributed by atoms with E-state index in [4.69, 9.17) is 0 Å². The molecule has 114 valence electrons. The minimum atomic E-state index is 0.572. The average Bonchev–Trinajstić information content (AvgIpc) is 2.88. The maximum atomic E-state index is 4.67. The Morgan fingerprint density at radius 1 is 1.35 bits per heavy atom. The van der Waals surface area contributed by atoms with E-state index in [-0.39, 0.29) is 0 Å². The Balaban J connectivity index is 2.04. The molecule has 1 fully saturated rings. The van der Waals surface area contributed by atoms with Crippen LogP contribution in [0.25, 0.3) is 0 Å². The first-order valence-corrected chi connectivity index (χ1v) is 10.6. The number of aromatic nitrogens is 1. The van der Waals surface area contributed by atoms with Gasteiger partial charge >= 0.3 is 0 Å². The van der Waals surface area contributed by atoms with Gasteiger partial charge in [0.1, 0.15) is 0 Å². The van der Waals surface area contributed by atoms with Crippen molar-refractivity contribution >= 4 is 34.9 Å². The van der Waals surface area contributed by atoms with Gasteiger partial charge in [0, 0.05) is 45.5 Å². The van der Waals surface area contributed by atoms with E-state index in [0.717, 1.165) is 29.2 Å². The van der Waals surface area contributed by atoms with E-state index in [0.29, 0.717) is 6.04 Å². The molecule has 0 bridgehead atoms. The second kappa shape index (κ2) is 8.66. The molecule has 1 saturated heterocycles. The lowest BCUT2D eigenvalue weighted by molar-refractivity contribution is 0.476. The van der Waals surface area contributed by atoms with Crippen LogP contribution in [0.2, 0.25) is 0 Å². The third-order valence-electron chi connectivity index (χ3n) is 3.61. The molecule has 0 spiro atoms. The second-order valence-electron chi connectivity index (χ2n) is 5.30. The van der Waals surface area contributed by atoms with E-state index >= 15 is 0 Å². The zero-order valence-corrected chi connectivity index (χ0v) is 15.2. The van der Waals surface area contributed by atoms with Crippen LogP contribution in [0.15, 0.2) is 5.38 Å². The zero-order valence-electron chi connectivity index (χ0n) is 12.7. The number of hydrogen-bond donors (Lipinski definition) is 1. The Morgan fingerprint density at radius 3 is 2.80 bits per heavy atom. The minimum absolute atomic E-state index is 0.572. The molecular weight excluding hydrogens is 304 g/mol. The van der Waals surface area contributed by atoms with Gasteiger partial charge in [-0.1, -0.05) is 13.8 Å². The van der Waals surface area contributed by atoms with Crippen LogP contribution in [0.1, 0.15) is 37.4 Å². The fraction of sp³-hybridized carbons (Fsp3) is 0.800. The molecule has 20 heavy (non-hydrogen) atoms. The lowest BCUT2D eigenvalue weighted by Gasteiger charge is -2.36. The predicted octanol–water partition coefficient (Wildman–Crippen LogP) is 3.99. The topological polar surface area (TPSA) is 24.9 Å². The van der Waals surface area contributed by atoms with Gasteiger partial charge in [0.05, 0.1) is 5.01 Å². The van der Waals surface area contributed by atoms with Crippen molar-refractivity contribution in [1.82, 2.24) is 10.3 Å². The van der Waals surface area contributed by atoms with E-state index in [2.05, 4.69) is 60.0 Å². The first-order chi connectivity index (χ1) is 9.74. The summed E-state index contributed by atoms with van der Waals surface area (Å²) in [5.74, 6) is 2.61. The molecule has 1 aromatic heterocycles. The van der Waals surface area contributed by atoms with Gasteiger partial charge in [0.15, 0.2) is 0 Å². The summed E-state index contributed by atoms with van der Waals surface area (Å²) in [6, 6.07) is 0.572. The van der Waals surface area contributed by atoms with Crippen LogP contribution < -0.4 is 5.32 Å². The standard InChI is InChI=1S/C15H26N2S3/c1-4-6-16-12(9-14-17-11(3)10-20-14)15-13(5-2)18-7-8-19-15/h10,12-13,15-16H,4-9H2,1-3H3. The Kier molecular flexibility index (Phi) is 7.22.